The molecule has 0 aromatic rings. The smallest absolute Gasteiger partial charge is 0.308 e. The molecule has 0 fully saturated rings. The van der Waals surface area contributed by atoms with Crippen molar-refractivity contribution in [2.75, 3.05) is 34.3 Å². The molecule has 0 rings (SSSR count). The lowest BCUT2D eigenvalue weighted by molar-refractivity contribution is -0.873. The van der Waals surface area contributed by atoms with Crippen molar-refractivity contribution in [1.82, 2.24) is 0 Å². The topological polar surface area (TPSA) is 46.5 Å². The molecule has 0 aliphatic heterocycles. The predicted octanol–water partition coefficient (Wildman–Crippen LogP) is -2.99. The van der Waals surface area contributed by atoms with Crippen molar-refractivity contribution < 1.29 is 36.1 Å². The van der Waals surface area contributed by atoms with Crippen LogP contribution in [0.15, 0.2) is 0 Å². The summed E-state index contributed by atoms with van der Waals surface area (Å²) >= 11 is 0. The maximum Gasteiger partial charge on any atom is 0.308 e. The van der Waals surface area contributed by atoms with Crippen LogP contribution in [0.1, 0.15) is 13.3 Å². The highest BCUT2D eigenvalue weighted by molar-refractivity contribution is 5.69. The summed E-state index contributed by atoms with van der Waals surface area (Å²) in [6, 6.07) is 0. The van der Waals surface area contributed by atoms with Crippen LogP contribution in [0.2, 0.25) is 0 Å². The average Bonchev–Trinajstić information content (AvgIpc) is 1.81. The molecule has 14 heavy (non-hydrogen) atoms. The molecule has 0 saturated carbocycles. The van der Waals surface area contributed by atoms with Gasteiger partial charge in [0.25, 0.3) is 0 Å². The van der Waals surface area contributed by atoms with Crippen LogP contribution in [0, 0.1) is 0 Å². The van der Waals surface area contributed by atoms with E-state index in [4.69, 9.17) is 4.74 Å². The van der Waals surface area contributed by atoms with E-state index in [0.717, 1.165) is 0 Å². The third-order valence-electron chi connectivity index (χ3n) is 1.47. The normalized spacial score (nSPS) is 12.9. The zero-order chi connectivity index (χ0) is 10.5. The van der Waals surface area contributed by atoms with Gasteiger partial charge >= 0.3 is 5.97 Å². The highest BCUT2D eigenvalue weighted by Crippen LogP contribution is 2.00. The number of esters is 1. The standard InChI is InChI=1S/C9H20NO3.BrH/c1-5-13-9(12)6-8(11)7-10(2,3)4;/h8,11H,5-7H2,1-4H3;1H/q+1;/p-1/t8-;/m0./s1. The number of carbonyl (C=O) groups is 1. The Morgan fingerprint density at radius 1 is 1.43 bits per heavy atom. The second-order valence-electron chi connectivity index (χ2n) is 4.14. The molecule has 4 nitrogen and oxygen atoms in total. The molecule has 1 atom stereocenters. The first-order chi connectivity index (χ1) is 5.85. The Morgan fingerprint density at radius 3 is 2.29 bits per heavy atom. The Hall–Kier alpha value is -0.130. The fourth-order valence-corrected chi connectivity index (χ4v) is 1.11. The van der Waals surface area contributed by atoms with E-state index >= 15 is 0 Å². The number of carbonyl (C=O) groups excluding carboxylic acids is 1. The molecule has 0 aromatic heterocycles. The molecule has 0 spiro atoms. The summed E-state index contributed by atoms with van der Waals surface area (Å²) < 4.78 is 5.36. The van der Waals surface area contributed by atoms with E-state index in [1.54, 1.807) is 6.92 Å². The molecule has 0 aliphatic carbocycles. The maximum atomic E-state index is 11.0. The summed E-state index contributed by atoms with van der Waals surface area (Å²) in [5, 5.41) is 9.47. The van der Waals surface area contributed by atoms with Crippen LogP contribution in [0.3, 0.4) is 0 Å². The average molecular weight is 270 g/mol. The number of aliphatic hydroxyl groups excluding tert-OH is 1. The lowest BCUT2D eigenvalue weighted by Gasteiger charge is -2.26. The number of quaternary nitrogens is 1. The van der Waals surface area contributed by atoms with Gasteiger partial charge in [-0.25, -0.2) is 0 Å². The fourth-order valence-electron chi connectivity index (χ4n) is 1.11. The lowest BCUT2D eigenvalue weighted by atomic mass is 10.2. The monoisotopic (exact) mass is 269 g/mol. The van der Waals surface area contributed by atoms with E-state index < -0.39 is 6.10 Å². The molecule has 0 radical (unpaired) electrons. The van der Waals surface area contributed by atoms with Crippen molar-refractivity contribution in [3.05, 3.63) is 0 Å². The minimum atomic E-state index is -0.612. The molecule has 86 valence electrons. The summed E-state index contributed by atoms with van der Waals surface area (Å²) in [6.45, 7) is 2.68. The third kappa shape index (κ3) is 9.95. The van der Waals surface area contributed by atoms with Gasteiger partial charge in [-0.2, -0.15) is 0 Å². The zero-order valence-corrected chi connectivity index (χ0v) is 10.9. The van der Waals surface area contributed by atoms with Crippen molar-refractivity contribution in [2.45, 2.75) is 19.4 Å². The summed E-state index contributed by atoms with van der Waals surface area (Å²) in [5.74, 6) is -0.330. The lowest BCUT2D eigenvalue weighted by Crippen LogP contribution is -3.00. The number of ether oxygens (including phenoxy) is 1. The van der Waals surface area contributed by atoms with Crippen LogP contribution in [-0.2, 0) is 9.53 Å². The highest BCUT2D eigenvalue weighted by Gasteiger charge is 2.18. The second kappa shape index (κ2) is 7.20. The quantitative estimate of drug-likeness (QED) is 0.428. The molecule has 1 N–H and O–H groups in total. The Labute approximate surface area is 96.2 Å². The second-order valence-corrected chi connectivity index (χ2v) is 4.14. The van der Waals surface area contributed by atoms with Gasteiger partial charge in [-0.3, -0.25) is 4.79 Å². The van der Waals surface area contributed by atoms with Crippen LogP contribution in [0.5, 0.6) is 0 Å². The molecular weight excluding hydrogens is 250 g/mol. The molecule has 0 heterocycles. The summed E-state index contributed by atoms with van der Waals surface area (Å²) in [5.41, 5.74) is 0. The van der Waals surface area contributed by atoms with Crippen LogP contribution in [-0.4, -0.2) is 56.0 Å². The third-order valence-corrected chi connectivity index (χ3v) is 1.47. The SMILES string of the molecule is CCOC(=O)C[C@H](O)C[N+](C)(C)C.[Br-]. The van der Waals surface area contributed by atoms with Gasteiger partial charge in [0, 0.05) is 0 Å². The number of likely N-dealkylation sites (N-methyl/N-ethyl adjacent to an activating group) is 1. The first-order valence-electron chi connectivity index (χ1n) is 4.49. The summed E-state index contributed by atoms with van der Waals surface area (Å²) in [7, 11) is 5.90. The Morgan fingerprint density at radius 2 is 1.93 bits per heavy atom. The molecule has 0 bridgehead atoms. The number of hydrogen-bond acceptors (Lipinski definition) is 3. The van der Waals surface area contributed by atoms with Crippen molar-refractivity contribution in [1.29, 1.82) is 0 Å². The number of aliphatic hydroxyl groups is 1. The van der Waals surface area contributed by atoms with Gasteiger partial charge < -0.3 is 31.3 Å². The van der Waals surface area contributed by atoms with E-state index in [9.17, 15) is 9.90 Å². The largest absolute Gasteiger partial charge is 1.00 e. The minimum Gasteiger partial charge on any atom is -1.00 e. The van der Waals surface area contributed by atoms with Gasteiger partial charge in [-0.15, -0.1) is 0 Å². The molecular formula is C9H20BrNO3. The van der Waals surface area contributed by atoms with Crippen molar-refractivity contribution >= 4 is 5.97 Å². The van der Waals surface area contributed by atoms with Crippen LogP contribution >= 0.6 is 0 Å². The van der Waals surface area contributed by atoms with Crippen molar-refractivity contribution in [2.24, 2.45) is 0 Å². The van der Waals surface area contributed by atoms with Crippen LogP contribution in [0.4, 0.5) is 0 Å². The first kappa shape index (κ1) is 16.3. The molecule has 5 heteroatoms. The van der Waals surface area contributed by atoms with Crippen LogP contribution < -0.4 is 17.0 Å². The van der Waals surface area contributed by atoms with E-state index in [0.29, 0.717) is 17.6 Å². The number of nitrogens with zero attached hydrogens (tertiary/aromatic N) is 1. The number of hydrogen-bond donors (Lipinski definition) is 1. The molecule has 0 aromatic carbocycles. The fraction of sp³-hybridized carbons (Fsp3) is 0.889. The summed E-state index contributed by atoms with van der Waals surface area (Å²) in [6.07, 6.45) is -0.525. The minimum absolute atomic E-state index is 0. The molecule has 0 saturated heterocycles. The Bertz CT molecular complexity index is 168. The predicted molar refractivity (Wildman–Crippen MR) is 50.2 cm³/mol. The number of halogens is 1. The van der Waals surface area contributed by atoms with Crippen LogP contribution in [0.25, 0.3) is 0 Å². The van der Waals surface area contributed by atoms with Gasteiger partial charge in [-0.1, -0.05) is 0 Å². The van der Waals surface area contributed by atoms with Gasteiger partial charge in [0.2, 0.25) is 0 Å². The maximum absolute atomic E-state index is 11.0. The Balaban J connectivity index is 0. The zero-order valence-electron chi connectivity index (χ0n) is 9.29. The van der Waals surface area contributed by atoms with E-state index in [1.165, 1.54) is 0 Å². The van der Waals surface area contributed by atoms with Gasteiger partial charge in [0.1, 0.15) is 12.6 Å². The summed E-state index contributed by atoms with van der Waals surface area (Å²) in [4.78, 5) is 11.0. The Kier molecular flexibility index (Phi) is 8.39. The molecule has 0 unspecified atom stereocenters. The number of rotatable bonds is 5. The van der Waals surface area contributed by atoms with Gasteiger partial charge in [0.05, 0.1) is 34.2 Å². The van der Waals surface area contributed by atoms with E-state index in [1.807, 2.05) is 21.1 Å². The van der Waals surface area contributed by atoms with E-state index in [2.05, 4.69) is 0 Å². The van der Waals surface area contributed by atoms with Crippen molar-refractivity contribution in [3.63, 3.8) is 0 Å². The van der Waals surface area contributed by atoms with Gasteiger partial charge in [0.15, 0.2) is 0 Å². The van der Waals surface area contributed by atoms with Crippen molar-refractivity contribution in [3.8, 4) is 0 Å². The molecule has 0 amide bonds. The molecule has 0 aliphatic rings. The highest BCUT2D eigenvalue weighted by atomic mass is 79.9. The van der Waals surface area contributed by atoms with Gasteiger partial charge in [-0.05, 0) is 6.92 Å². The first-order valence-corrected chi connectivity index (χ1v) is 4.49. The van der Waals surface area contributed by atoms with E-state index in [-0.39, 0.29) is 29.4 Å².